The van der Waals surface area contributed by atoms with E-state index in [0.717, 1.165) is 49.2 Å². The number of hydrogen-bond acceptors (Lipinski definition) is 4. The summed E-state index contributed by atoms with van der Waals surface area (Å²) in [6.45, 7) is 5.92. The maximum absolute atomic E-state index is 13.3. The zero-order valence-electron chi connectivity index (χ0n) is 22.0. The van der Waals surface area contributed by atoms with Crippen molar-refractivity contribution in [1.82, 2.24) is 24.1 Å². The molecule has 3 aromatic carbocycles. The van der Waals surface area contributed by atoms with Gasteiger partial charge in [0.05, 0.1) is 10.9 Å². The molecule has 6 rings (SSSR count). The van der Waals surface area contributed by atoms with Crippen molar-refractivity contribution in [3.05, 3.63) is 112 Å². The van der Waals surface area contributed by atoms with E-state index >= 15 is 0 Å². The van der Waals surface area contributed by atoms with Gasteiger partial charge in [-0.15, -0.1) is 10.2 Å². The monoisotopic (exact) mass is 505 g/mol. The minimum atomic E-state index is 0.0224. The van der Waals surface area contributed by atoms with Gasteiger partial charge in [0.2, 0.25) is 5.78 Å². The Balaban J connectivity index is 1.08. The average molecular weight is 506 g/mol. The number of fused-ring (bicyclic) bond motifs is 3. The number of hydrogen-bond donors (Lipinski definition) is 0. The number of rotatable bonds is 8. The van der Waals surface area contributed by atoms with Crippen LogP contribution < -0.4 is 5.56 Å². The quantitative estimate of drug-likeness (QED) is 0.255. The van der Waals surface area contributed by atoms with Crippen molar-refractivity contribution in [2.45, 2.75) is 45.1 Å². The maximum Gasteiger partial charge on any atom is 0.262 e. The van der Waals surface area contributed by atoms with Crippen molar-refractivity contribution in [3.8, 4) is 0 Å². The standard InChI is InChI=1S/C32H35N5O/c1-24-33-34-32-36(31(38)28-16-8-9-17-29(28)37(24)32)21-11-10-20-35-22-18-27(19-23-35)30(25-12-4-2-5-13-25)26-14-6-3-7-15-26/h2-9,12-17,27,30H,10-11,18-23H2,1H3. The molecule has 5 aromatic rings. The van der Waals surface area contributed by atoms with Gasteiger partial charge in [-0.25, -0.2) is 0 Å². The number of para-hydroxylation sites is 1. The Morgan fingerprint density at radius 2 is 1.39 bits per heavy atom. The predicted molar refractivity (Wildman–Crippen MR) is 153 cm³/mol. The van der Waals surface area contributed by atoms with Crippen molar-refractivity contribution in [3.63, 3.8) is 0 Å². The van der Waals surface area contributed by atoms with E-state index < -0.39 is 0 Å². The number of benzene rings is 3. The summed E-state index contributed by atoms with van der Waals surface area (Å²) >= 11 is 0. The molecule has 0 unspecified atom stereocenters. The Labute approximate surface area is 223 Å². The first-order valence-corrected chi connectivity index (χ1v) is 13.9. The minimum absolute atomic E-state index is 0.0224. The number of nitrogens with zero attached hydrogens (tertiary/aromatic N) is 5. The fourth-order valence-corrected chi connectivity index (χ4v) is 6.27. The fourth-order valence-electron chi connectivity index (χ4n) is 6.27. The van der Waals surface area contributed by atoms with E-state index in [1.54, 1.807) is 4.57 Å². The molecular formula is C32H35N5O. The topological polar surface area (TPSA) is 55.4 Å². The van der Waals surface area contributed by atoms with Crippen molar-refractivity contribution in [1.29, 1.82) is 0 Å². The summed E-state index contributed by atoms with van der Waals surface area (Å²) in [5.74, 6) is 2.54. The molecule has 0 spiro atoms. The summed E-state index contributed by atoms with van der Waals surface area (Å²) in [6, 6.07) is 29.7. The van der Waals surface area contributed by atoms with Gasteiger partial charge < -0.3 is 4.90 Å². The van der Waals surface area contributed by atoms with Gasteiger partial charge in [-0.3, -0.25) is 13.8 Å². The first-order chi connectivity index (χ1) is 18.7. The van der Waals surface area contributed by atoms with Crippen molar-refractivity contribution in [2.75, 3.05) is 19.6 Å². The van der Waals surface area contributed by atoms with E-state index in [9.17, 15) is 4.79 Å². The lowest BCUT2D eigenvalue weighted by atomic mass is 9.76. The van der Waals surface area contributed by atoms with Gasteiger partial charge in [-0.2, -0.15) is 0 Å². The third-order valence-electron chi connectivity index (χ3n) is 8.20. The smallest absolute Gasteiger partial charge is 0.262 e. The highest BCUT2D eigenvalue weighted by molar-refractivity contribution is 5.80. The van der Waals surface area contributed by atoms with Crippen molar-refractivity contribution < 1.29 is 0 Å². The van der Waals surface area contributed by atoms with Gasteiger partial charge in [-0.05, 0) is 81.4 Å². The second kappa shape index (κ2) is 10.9. The number of likely N-dealkylation sites (tertiary alicyclic amines) is 1. The lowest BCUT2D eigenvalue weighted by molar-refractivity contribution is 0.172. The molecule has 0 radical (unpaired) electrons. The van der Waals surface area contributed by atoms with Crippen molar-refractivity contribution >= 4 is 16.7 Å². The molecule has 0 bridgehead atoms. The first-order valence-electron chi connectivity index (χ1n) is 13.9. The normalized spacial score (nSPS) is 15.1. The first kappa shape index (κ1) is 24.6. The van der Waals surface area contributed by atoms with E-state index in [2.05, 4.69) is 75.8 Å². The lowest BCUT2D eigenvalue weighted by Gasteiger charge is -2.36. The molecule has 3 heterocycles. The zero-order valence-corrected chi connectivity index (χ0v) is 22.0. The molecule has 1 aliphatic rings. The fraction of sp³-hybridized carbons (Fsp3) is 0.344. The number of piperidine rings is 1. The van der Waals surface area contributed by atoms with E-state index in [4.69, 9.17) is 0 Å². The van der Waals surface area contributed by atoms with Crippen LogP contribution in [-0.2, 0) is 6.54 Å². The van der Waals surface area contributed by atoms with Crippen LogP contribution in [0, 0.1) is 12.8 Å². The largest absolute Gasteiger partial charge is 0.303 e. The summed E-state index contributed by atoms with van der Waals surface area (Å²) in [7, 11) is 0. The molecule has 38 heavy (non-hydrogen) atoms. The van der Waals surface area contributed by atoms with Crippen LogP contribution in [0.4, 0.5) is 0 Å². The van der Waals surface area contributed by atoms with Crippen molar-refractivity contribution in [2.24, 2.45) is 5.92 Å². The van der Waals surface area contributed by atoms with E-state index in [0.29, 0.717) is 24.2 Å². The van der Waals surface area contributed by atoms with Gasteiger partial charge in [0, 0.05) is 12.5 Å². The summed E-state index contributed by atoms with van der Waals surface area (Å²) in [6.07, 6.45) is 4.41. The third-order valence-corrected chi connectivity index (χ3v) is 8.20. The molecule has 0 saturated carbocycles. The molecule has 6 nitrogen and oxygen atoms in total. The van der Waals surface area contributed by atoms with Gasteiger partial charge in [-0.1, -0.05) is 72.8 Å². The van der Waals surface area contributed by atoms with E-state index in [-0.39, 0.29) is 5.56 Å². The zero-order chi connectivity index (χ0) is 25.9. The van der Waals surface area contributed by atoms with Crippen LogP contribution in [0.15, 0.2) is 89.7 Å². The van der Waals surface area contributed by atoms with Gasteiger partial charge >= 0.3 is 0 Å². The Morgan fingerprint density at radius 3 is 2.08 bits per heavy atom. The molecule has 0 aliphatic carbocycles. The molecule has 1 fully saturated rings. The number of unbranched alkanes of at least 4 members (excludes halogenated alkanes) is 1. The van der Waals surface area contributed by atoms with Gasteiger partial charge in [0.25, 0.3) is 5.56 Å². The highest BCUT2D eigenvalue weighted by Gasteiger charge is 2.28. The number of aromatic nitrogens is 4. The second-order valence-electron chi connectivity index (χ2n) is 10.5. The molecule has 2 aromatic heterocycles. The van der Waals surface area contributed by atoms with Crippen LogP contribution >= 0.6 is 0 Å². The molecule has 1 saturated heterocycles. The molecule has 1 aliphatic heterocycles. The third kappa shape index (κ3) is 4.76. The average Bonchev–Trinajstić information content (AvgIpc) is 3.36. The van der Waals surface area contributed by atoms with Crippen LogP contribution in [0.2, 0.25) is 0 Å². The molecular weight excluding hydrogens is 470 g/mol. The van der Waals surface area contributed by atoms with Crippen LogP contribution in [0.5, 0.6) is 0 Å². The number of aryl methyl sites for hydroxylation is 2. The highest BCUT2D eigenvalue weighted by atomic mass is 16.1. The molecule has 0 amide bonds. The Hall–Kier alpha value is -3.77. The Bertz CT molecular complexity index is 1530. The molecule has 0 N–H and O–H groups in total. The van der Waals surface area contributed by atoms with Gasteiger partial charge in [0.15, 0.2) is 0 Å². The van der Waals surface area contributed by atoms with Crippen LogP contribution in [0.1, 0.15) is 48.6 Å². The molecule has 0 atom stereocenters. The Morgan fingerprint density at radius 1 is 0.789 bits per heavy atom. The highest BCUT2D eigenvalue weighted by Crippen LogP contribution is 2.37. The van der Waals surface area contributed by atoms with E-state index in [1.165, 1.54) is 24.0 Å². The summed E-state index contributed by atoms with van der Waals surface area (Å²) in [5.41, 5.74) is 3.74. The SMILES string of the molecule is Cc1nnc2n(CCCCN3CCC(C(c4ccccc4)c4ccccc4)CC3)c(=O)c3ccccc3n12. The predicted octanol–water partition coefficient (Wildman–Crippen LogP) is 5.68. The van der Waals surface area contributed by atoms with Crippen LogP contribution in [0.25, 0.3) is 16.7 Å². The summed E-state index contributed by atoms with van der Waals surface area (Å²) in [5, 5.41) is 9.32. The molecule has 194 valence electrons. The lowest BCUT2D eigenvalue weighted by Crippen LogP contribution is -2.36. The Kier molecular flexibility index (Phi) is 7.06. The second-order valence-corrected chi connectivity index (χ2v) is 10.5. The van der Waals surface area contributed by atoms with Gasteiger partial charge in [0.1, 0.15) is 5.82 Å². The molecule has 6 heteroatoms. The van der Waals surface area contributed by atoms with E-state index in [1.807, 2.05) is 35.6 Å². The van der Waals surface area contributed by atoms with Crippen LogP contribution in [-0.4, -0.2) is 43.7 Å². The maximum atomic E-state index is 13.3. The summed E-state index contributed by atoms with van der Waals surface area (Å²) < 4.78 is 3.80. The van der Waals surface area contributed by atoms with Crippen LogP contribution in [0.3, 0.4) is 0 Å². The minimum Gasteiger partial charge on any atom is -0.303 e. The summed E-state index contributed by atoms with van der Waals surface area (Å²) in [4.78, 5) is 15.9.